The van der Waals surface area contributed by atoms with Crippen molar-refractivity contribution >= 4 is 0 Å². The van der Waals surface area contributed by atoms with Crippen molar-refractivity contribution in [1.29, 1.82) is 0 Å². The molecule has 102 valence electrons. The van der Waals surface area contributed by atoms with E-state index in [1.165, 1.54) is 0 Å². The lowest BCUT2D eigenvalue weighted by atomic mass is 10.1. The number of ether oxygens (including phenoxy) is 2. The highest BCUT2D eigenvalue weighted by atomic mass is 16.5. The topological polar surface area (TPSA) is 58.9 Å². The number of rotatable bonds is 10. The molecule has 0 atom stereocenters. The van der Waals surface area contributed by atoms with E-state index in [1.54, 1.807) is 0 Å². The van der Waals surface area contributed by atoms with Crippen LogP contribution in [-0.2, 0) is 22.7 Å². The fourth-order valence-corrected chi connectivity index (χ4v) is 1.44. The lowest BCUT2D eigenvalue weighted by molar-refractivity contribution is 0.102. The van der Waals surface area contributed by atoms with E-state index in [9.17, 15) is 0 Å². The smallest absolute Gasteiger partial charge is 0.0716 e. The van der Waals surface area contributed by atoms with Crippen LogP contribution in [0.4, 0.5) is 0 Å². The average Bonchev–Trinajstić information content (AvgIpc) is 2.41. The highest BCUT2D eigenvalue weighted by Gasteiger charge is 1.96. The van der Waals surface area contributed by atoms with Crippen LogP contribution in [0.3, 0.4) is 0 Å². The molecular weight excluding hydrogens is 232 g/mol. The van der Waals surface area contributed by atoms with Crippen LogP contribution in [0.5, 0.6) is 0 Å². The number of hydrogen-bond acceptors (Lipinski definition) is 4. The van der Waals surface area contributed by atoms with Crippen LogP contribution >= 0.6 is 0 Å². The first kappa shape index (κ1) is 15.1. The van der Waals surface area contributed by atoms with Crippen molar-refractivity contribution in [2.45, 2.75) is 26.1 Å². The minimum atomic E-state index is 0.171. The van der Waals surface area contributed by atoms with E-state index < -0.39 is 0 Å². The summed E-state index contributed by atoms with van der Waals surface area (Å²) in [5, 5.41) is 17.2. The van der Waals surface area contributed by atoms with E-state index in [-0.39, 0.29) is 13.2 Å². The van der Waals surface area contributed by atoms with Crippen molar-refractivity contribution in [2.75, 3.05) is 26.4 Å². The van der Waals surface area contributed by atoms with Crippen LogP contribution in [0.15, 0.2) is 24.3 Å². The fraction of sp³-hybridized carbons (Fsp3) is 0.571. The van der Waals surface area contributed by atoms with Crippen molar-refractivity contribution in [1.82, 2.24) is 0 Å². The van der Waals surface area contributed by atoms with Crippen molar-refractivity contribution in [2.24, 2.45) is 0 Å². The molecule has 0 aromatic heterocycles. The SMILES string of the molecule is OCCCOCc1ccc(COCCCO)cc1. The molecule has 0 unspecified atom stereocenters. The Labute approximate surface area is 108 Å². The van der Waals surface area contributed by atoms with Crippen molar-refractivity contribution in [3.8, 4) is 0 Å². The second-order valence-corrected chi connectivity index (χ2v) is 4.08. The summed E-state index contributed by atoms with van der Waals surface area (Å²) in [6.45, 7) is 2.66. The van der Waals surface area contributed by atoms with E-state index >= 15 is 0 Å². The molecule has 0 radical (unpaired) electrons. The Hall–Kier alpha value is -0.940. The predicted octanol–water partition coefficient (Wildman–Crippen LogP) is 1.48. The summed E-state index contributed by atoms with van der Waals surface area (Å²) in [7, 11) is 0. The zero-order chi connectivity index (χ0) is 13.1. The van der Waals surface area contributed by atoms with Crippen molar-refractivity contribution in [3.05, 3.63) is 35.4 Å². The first-order valence-corrected chi connectivity index (χ1v) is 6.32. The van der Waals surface area contributed by atoms with Crippen LogP contribution in [0.25, 0.3) is 0 Å². The van der Waals surface area contributed by atoms with Gasteiger partial charge in [-0.1, -0.05) is 24.3 Å². The molecule has 0 saturated heterocycles. The Bertz CT molecular complexity index is 266. The number of aliphatic hydroxyl groups is 2. The maximum atomic E-state index is 8.61. The van der Waals surface area contributed by atoms with E-state index in [1.807, 2.05) is 24.3 Å². The van der Waals surface area contributed by atoms with Gasteiger partial charge in [0.15, 0.2) is 0 Å². The number of aliphatic hydroxyl groups excluding tert-OH is 2. The van der Waals surface area contributed by atoms with Crippen LogP contribution < -0.4 is 0 Å². The molecule has 0 fully saturated rings. The Kier molecular flexibility index (Phi) is 8.42. The molecule has 1 aromatic carbocycles. The molecule has 2 N–H and O–H groups in total. The van der Waals surface area contributed by atoms with Crippen LogP contribution in [-0.4, -0.2) is 36.6 Å². The summed E-state index contributed by atoms with van der Waals surface area (Å²) >= 11 is 0. The van der Waals surface area contributed by atoms with E-state index in [4.69, 9.17) is 19.7 Å². The van der Waals surface area contributed by atoms with Gasteiger partial charge in [-0.15, -0.1) is 0 Å². The standard InChI is InChI=1S/C14H22O4/c15-7-1-9-17-11-13-3-5-14(6-4-13)12-18-10-2-8-16/h3-6,15-16H,1-2,7-12H2. The fourth-order valence-electron chi connectivity index (χ4n) is 1.44. The Morgan fingerprint density at radius 3 is 1.44 bits per heavy atom. The second-order valence-electron chi connectivity index (χ2n) is 4.08. The molecule has 1 rings (SSSR count). The molecule has 0 aliphatic rings. The summed E-state index contributed by atoms with van der Waals surface area (Å²) < 4.78 is 10.8. The van der Waals surface area contributed by atoms with Gasteiger partial charge in [-0.2, -0.15) is 0 Å². The largest absolute Gasteiger partial charge is 0.396 e. The zero-order valence-corrected chi connectivity index (χ0v) is 10.7. The Balaban J connectivity index is 2.20. The third-order valence-electron chi connectivity index (χ3n) is 2.45. The van der Waals surface area contributed by atoms with Gasteiger partial charge < -0.3 is 19.7 Å². The second kappa shape index (κ2) is 10.0. The first-order chi connectivity index (χ1) is 8.86. The van der Waals surface area contributed by atoms with E-state index in [2.05, 4.69) is 0 Å². The third-order valence-corrected chi connectivity index (χ3v) is 2.45. The number of hydrogen-bond donors (Lipinski definition) is 2. The summed E-state index contributed by atoms with van der Waals surface area (Å²) in [5.74, 6) is 0. The highest BCUT2D eigenvalue weighted by Crippen LogP contribution is 2.07. The van der Waals surface area contributed by atoms with Crippen LogP contribution in [0, 0.1) is 0 Å². The summed E-state index contributed by atoms with van der Waals surface area (Å²) in [4.78, 5) is 0. The van der Waals surface area contributed by atoms with E-state index in [0.29, 0.717) is 39.3 Å². The quantitative estimate of drug-likeness (QED) is 0.621. The van der Waals surface area contributed by atoms with Gasteiger partial charge in [0.2, 0.25) is 0 Å². The number of benzene rings is 1. The maximum Gasteiger partial charge on any atom is 0.0716 e. The molecule has 4 heteroatoms. The van der Waals surface area contributed by atoms with E-state index in [0.717, 1.165) is 11.1 Å². The molecule has 0 bridgehead atoms. The molecule has 0 amide bonds. The monoisotopic (exact) mass is 254 g/mol. The minimum absolute atomic E-state index is 0.171. The molecular formula is C14H22O4. The molecule has 18 heavy (non-hydrogen) atoms. The van der Waals surface area contributed by atoms with Gasteiger partial charge in [0, 0.05) is 26.4 Å². The van der Waals surface area contributed by atoms with Gasteiger partial charge in [-0.25, -0.2) is 0 Å². The Morgan fingerprint density at radius 2 is 1.11 bits per heavy atom. The molecule has 4 nitrogen and oxygen atoms in total. The van der Waals surface area contributed by atoms with Gasteiger partial charge in [0.1, 0.15) is 0 Å². The maximum absolute atomic E-state index is 8.61. The highest BCUT2D eigenvalue weighted by molar-refractivity contribution is 5.21. The van der Waals surface area contributed by atoms with Gasteiger partial charge in [-0.05, 0) is 24.0 Å². The van der Waals surface area contributed by atoms with Gasteiger partial charge in [0.05, 0.1) is 13.2 Å². The molecule has 0 saturated carbocycles. The Morgan fingerprint density at radius 1 is 0.722 bits per heavy atom. The average molecular weight is 254 g/mol. The normalized spacial score (nSPS) is 10.8. The molecule has 0 aliphatic carbocycles. The summed E-state index contributed by atoms with van der Waals surface area (Å²) in [6.07, 6.45) is 1.35. The zero-order valence-electron chi connectivity index (χ0n) is 10.7. The molecule has 0 aliphatic heterocycles. The van der Waals surface area contributed by atoms with Crippen molar-refractivity contribution in [3.63, 3.8) is 0 Å². The van der Waals surface area contributed by atoms with Gasteiger partial charge in [-0.3, -0.25) is 0 Å². The van der Waals surface area contributed by atoms with Gasteiger partial charge >= 0.3 is 0 Å². The van der Waals surface area contributed by atoms with Crippen molar-refractivity contribution < 1.29 is 19.7 Å². The van der Waals surface area contributed by atoms with Crippen LogP contribution in [0.1, 0.15) is 24.0 Å². The first-order valence-electron chi connectivity index (χ1n) is 6.32. The lowest BCUT2D eigenvalue weighted by Gasteiger charge is -2.06. The van der Waals surface area contributed by atoms with Crippen LogP contribution in [0.2, 0.25) is 0 Å². The summed E-state index contributed by atoms with van der Waals surface area (Å²) in [6, 6.07) is 8.07. The minimum Gasteiger partial charge on any atom is -0.396 e. The third kappa shape index (κ3) is 6.71. The predicted molar refractivity (Wildman–Crippen MR) is 69.2 cm³/mol. The lowest BCUT2D eigenvalue weighted by Crippen LogP contribution is -1.99. The molecule has 1 aromatic rings. The molecule has 0 spiro atoms. The molecule has 0 heterocycles. The van der Waals surface area contributed by atoms with Gasteiger partial charge in [0.25, 0.3) is 0 Å². The summed E-state index contributed by atoms with van der Waals surface area (Å²) in [5.41, 5.74) is 2.24.